The van der Waals surface area contributed by atoms with Gasteiger partial charge in [-0.05, 0) is 92.1 Å². The molecule has 4 nitrogen and oxygen atoms in total. The van der Waals surface area contributed by atoms with E-state index in [-0.39, 0.29) is 11.9 Å². The molecule has 1 N–H and O–H groups in total. The number of fused-ring (bicyclic) bond motifs is 6. The molecule has 4 aromatic rings. The number of rotatable bonds is 4. The van der Waals surface area contributed by atoms with Crippen molar-refractivity contribution in [3.05, 3.63) is 64.4 Å². The lowest BCUT2D eigenvalue weighted by atomic mass is 9.87. The standard InChI is InChI=1S/C26H25FN2O2S/c1-15-2-5-19-22(29-15)6-7-23-26(19)31-18(14-30-23)13-28-12-16-3-8-24-20(10-16)21-11-17(27)4-9-25(21)32-24/h2,4-7,9,11,16,18,28H,3,8,10,12-14H2,1H3/t16?,18-/m0/s1. The lowest BCUT2D eigenvalue weighted by molar-refractivity contribution is 0.0915. The van der Waals surface area contributed by atoms with Crippen molar-refractivity contribution in [3.8, 4) is 11.5 Å². The summed E-state index contributed by atoms with van der Waals surface area (Å²) in [6.45, 7) is 4.19. The molecule has 164 valence electrons. The number of benzene rings is 2. The van der Waals surface area contributed by atoms with Gasteiger partial charge >= 0.3 is 0 Å². The molecular formula is C26H25FN2O2S. The van der Waals surface area contributed by atoms with Crippen molar-refractivity contribution in [2.45, 2.75) is 32.3 Å². The monoisotopic (exact) mass is 448 g/mol. The molecule has 2 aliphatic rings. The number of hydrogen-bond acceptors (Lipinski definition) is 5. The third kappa shape index (κ3) is 3.61. The van der Waals surface area contributed by atoms with Gasteiger partial charge in [0.2, 0.25) is 0 Å². The predicted molar refractivity (Wildman–Crippen MR) is 127 cm³/mol. The van der Waals surface area contributed by atoms with E-state index in [0.717, 1.165) is 65.8 Å². The van der Waals surface area contributed by atoms with E-state index < -0.39 is 0 Å². The van der Waals surface area contributed by atoms with Gasteiger partial charge in [-0.25, -0.2) is 4.39 Å². The number of nitrogens with zero attached hydrogens (tertiary/aromatic N) is 1. The molecule has 32 heavy (non-hydrogen) atoms. The molecule has 0 saturated carbocycles. The number of thiophene rings is 1. The van der Waals surface area contributed by atoms with E-state index in [0.29, 0.717) is 12.5 Å². The van der Waals surface area contributed by atoms with Crippen molar-refractivity contribution in [1.29, 1.82) is 0 Å². The Bertz CT molecular complexity index is 1320. The number of halogens is 1. The van der Waals surface area contributed by atoms with Gasteiger partial charge in [-0.15, -0.1) is 11.3 Å². The van der Waals surface area contributed by atoms with Crippen molar-refractivity contribution < 1.29 is 13.9 Å². The van der Waals surface area contributed by atoms with Crippen LogP contribution in [0.2, 0.25) is 0 Å². The molecule has 3 heterocycles. The van der Waals surface area contributed by atoms with Crippen LogP contribution >= 0.6 is 11.3 Å². The summed E-state index contributed by atoms with van der Waals surface area (Å²) in [7, 11) is 0. The van der Waals surface area contributed by atoms with E-state index >= 15 is 0 Å². The summed E-state index contributed by atoms with van der Waals surface area (Å²) in [6.07, 6.45) is 3.21. The van der Waals surface area contributed by atoms with Gasteiger partial charge in [0.25, 0.3) is 0 Å². The molecule has 1 aliphatic carbocycles. The van der Waals surface area contributed by atoms with Gasteiger partial charge in [-0.1, -0.05) is 0 Å². The Labute approximate surface area is 190 Å². The fourth-order valence-corrected chi connectivity index (χ4v) is 6.15. The normalized spacial score (nSPS) is 19.9. The van der Waals surface area contributed by atoms with Gasteiger partial charge in [-0.3, -0.25) is 4.98 Å². The molecule has 0 radical (unpaired) electrons. The molecule has 0 saturated heterocycles. The minimum absolute atomic E-state index is 0.0374. The maximum absolute atomic E-state index is 13.8. The van der Waals surface area contributed by atoms with E-state index in [1.165, 1.54) is 15.1 Å². The molecule has 2 aromatic carbocycles. The maximum atomic E-state index is 13.8. The van der Waals surface area contributed by atoms with E-state index in [4.69, 9.17) is 9.47 Å². The molecule has 6 heteroatoms. The summed E-state index contributed by atoms with van der Waals surface area (Å²) >= 11 is 1.82. The summed E-state index contributed by atoms with van der Waals surface area (Å²) in [4.78, 5) is 6.03. The topological polar surface area (TPSA) is 43.4 Å². The Kier molecular flexibility index (Phi) is 5.00. The molecule has 0 spiro atoms. The number of ether oxygens (including phenoxy) is 2. The third-order valence-corrected chi connectivity index (χ3v) is 7.82. The van der Waals surface area contributed by atoms with Crippen LogP contribution in [0.15, 0.2) is 42.5 Å². The molecule has 0 bridgehead atoms. The fourth-order valence-electron chi connectivity index (χ4n) is 4.92. The Morgan fingerprint density at radius 1 is 1.12 bits per heavy atom. The van der Waals surface area contributed by atoms with Crippen molar-refractivity contribution >= 4 is 32.3 Å². The molecule has 2 atom stereocenters. The Hall–Kier alpha value is -2.70. The van der Waals surface area contributed by atoms with Crippen LogP contribution in [0.25, 0.3) is 21.0 Å². The highest BCUT2D eigenvalue weighted by molar-refractivity contribution is 7.19. The highest BCUT2D eigenvalue weighted by atomic mass is 32.1. The molecule has 6 rings (SSSR count). The Balaban J connectivity index is 1.10. The first-order valence-electron chi connectivity index (χ1n) is 11.2. The van der Waals surface area contributed by atoms with Gasteiger partial charge in [0, 0.05) is 27.2 Å². The minimum Gasteiger partial charge on any atom is -0.486 e. The Morgan fingerprint density at radius 2 is 2.06 bits per heavy atom. The van der Waals surface area contributed by atoms with E-state index in [1.54, 1.807) is 12.1 Å². The van der Waals surface area contributed by atoms with Crippen molar-refractivity contribution in [2.24, 2.45) is 5.92 Å². The zero-order valence-corrected chi connectivity index (χ0v) is 18.8. The van der Waals surface area contributed by atoms with E-state index in [1.807, 2.05) is 42.5 Å². The second-order valence-electron chi connectivity index (χ2n) is 8.87. The first-order valence-corrected chi connectivity index (χ1v) is 12.1. The smallest absolute Gasteiger partial charge is 0.171 e. The average Bonchev–Trinajstić information content (AvgIpc) is 3.16. The summed E-state index contributed by atoms with van der Waals surface area (Å²) in [5.74, 6) is 1.98. The zero-order valence-electron chi connectivity index (χ0n) is 18.0. The van der Waals surface area contributed by atoms with Crippen molar-refractivity contribution in [1.82, 2.24) is 10.3 Å². The lowest BCUT2D eigenvalue weighted by Crippen LogP contribution is -2.40. The van der Waals surface area contributed by atoms with Crippen LogP contribution in [-0.2, 0) is 12.8 Å². The number of aromatic nitrogens is 1. The first-order chi connectivity index (χ1) is 15.6. The first kappa shape index (κ1) is 19.9. The highest BCUT2D eigenvalue weighted by Gasteiger charge is 2.25. The molecule has 1 aliphatic heterocycles. The molecular weight excluding hydrogens is 423 g/mol. The molecule has 0 fully saturated rings. The van der Waals surface area contributed by atoms with Gasteiger partial charge < -0.3 is 14.8 Å². The number of aryl methyl sites for hydroxylation is 2. The van der Waals surface area contributed by atoms with Crippen LogP contribution in [0, 0.1) is 18.7 Å². The third-order valence-electron chi connectivity index (χ3n) is 6.55. The van der Waals surface area contributed by atoms with Crippen LogP contribution in [0.1, 0.15) is 22.6 Å². The molecule has 0 amide bonds. The maximum Gasteiger partial charge on any atom is 0.171 e. The number of hydrogen-bond donors (Lipinski definition) is 1. The predicted octanol–water partition coefficient (Wildman–Crippen LogP) is 5.43. The Morgan fingerprint density at radius 3 is 3.00 bits per heavy atom. The van der Waals surface area contributed by atoms with Gasteiger partial charge in [0.05, 0.1) is 5.52 Å². The number of nitrogens with one attached hydrogen (secondary N) is 1. The van der Waals surface area contributed by atoms with Gasteiger partial charge in [0.1, 0.15) is 18.5 Å². The van der Waals surface area contributed by atoms with E-state index in [9.17, 15) is 4.39 Å². The summed E-state index contributed by atoms with van der Waals surface area (Å²) in [6, 6.07) is 13.2. The summed E-state index contributed by atoms with van der Waals surface area (Å²) in [5.41, 5.74) is 3.27. The van der Waals surface area contributed by atoms with Crippen LogP contribution in [0.4, 0.5) is 4.39 Å². The van der Waals surface area contributed by atoms with Crippen LogP contribution in [0.5, 0.6) is 11.5 Å². The van der Waals surface area contributed by atoms with E-state index in [2.05, 4.69) is 16.4 Å². The van der Waals surface area contributed by atoms with Crippen LogP contribution < -0.4 is 14.8 Å². The molecule has 1 unspecified atom stereocenters. The van der Waals surface area contributed by atoms with Crippen molar-refractivity contribution in [3.63, 3.8) is 0 Å². The minimum atomic E-state index is -0.147. The fraction of sp³-hybridized carbons (Fsp3) is 0.346. The quantitative estimate of drug-likeness (QED) is 0.452. The SMILES string of the molecule is Cc1ccc2c3c(ccc2n1)OC[C@H](CNCC1CCc2sc4ccc(F)cc4c2C1)O3. The lowest BCUT2D eigenvalue weighted by Gasteiger charge is -2.29. The van der Waals surface area contributed by atoms with Crippen molar-refractivity contribution in [2.75, 3.05) is 19.7 Å². The zero-order chi connectivity index (χ0) is 21.7. The summed E-state index contributed by atoms with van der Waals surface area (Å²) in [5, 5.41) is 5.70. The summed E-state index contributed by atoms with van der Waals surface area (Å²) < 4.78 is 27.3. The van der Waals surface area contributed by atoms with Gasteiger partial charge in [-0.2, -0.15) is 0 Å². The number of pyridine rings is 1. The molecule has 2 aromatic heterocycles. The van der Waals surface area contributed by atoms with Crippen LogP contribution in [0.3, 0.4) is 0 Å². The van der Waals surface area contributed by atoms with Gasteiger partial charge in [0.15, 0.2) is 11.5 Å². The largest absolute Gasteiger partial charge is 0.486 e. The second-order valence-corrected chi connectivity index (χ2v) is 10.0. The highest BCUT2D eigenvalue weighted by Crippen LogP contribution is 2.39. The average molecular weight is 449 g/mol. The second kappa shape index (κ2) is 8.01. The van der Waals surface area contributed by atoms with Crippen LogP contribution in [-0.4, -0.2) is 30.8 Å².